The Balaban J connectivity index is 1.67. The van der Waals surface area contributed by atoms with Crippen molar-refractivity contribution >= 4 is 44.4 Å². The number of esters is 1. The Morgan fingerprint density at radius 3 is 2.66 bits per heavy atom. The van der Waals surface area contributed by atoms with E-state index in [0.717, 1.165) is 22.0 Å². The molecular weight excluding hydrogens is 436 g/mol. The van der Waals surface area contributed by atoms with Crippen molar-refractivity contribution < 1.29 is 14.3 Å². The maximum Gasteiger partial charge on any atom is 0.338 e. The molecule has 1 amide bonds. The third-order valence-electron chi connectivity index (χ3n) is 5.06. The summed E-state index contributed by atoms with van der Waals surface area (Å²) in [4.78, 5) is 37.6. The number of hydrogen-bond acceptors (Lipinski definition) is 4. The Morgan fingerprint density at radius 1 is 1.24 bits per heavy atom. The predicted molar refractivity (Wildman–Crippen MR) is 115 cm³/mol. The molecule has 148 valence electrons. The lowest BCUT2D eigenvalue weighted by molar-refractivity contribution is 0.0526. The number of nitrogens with zero attached hydrogens (tertiary/aromatic N) is 1. The van der Waals surface area contributed by atoms with Crippen LogP contribution in [-0.4, -0.2) is 23.1 Å². The Kier molecular flexibility index (Phi) is 5.00. The maximum atomic E-state index is 13.0. The number of hydrogen-bond donors (Lipinski definition) is 1. The van der Waals surface area contributed by atoms with Gasteiger partial charge in [0.15, 0.2) is 0 Å². The molecule has 1 aliphatic rings. The van der Waals surface area contributed by atoms with Gasteiger partial charge in [-0.2, -0.15) is 0 Å². The van der Waals surface area contributed by atoms with Gasteiger partial charge in [-0.25, -0.2) is 4.79 Å². The van der Waals surface area contributed by atoms with E-state index in [-0.39, 0.29) is 17.0 Å². The Morgan fingerprint density at radius 2 is 1.97 bits per heavy atom. The van der Waals surface area contributed by atoms with Crippen molar-refractivity contribution in [2.75, 3.05) is 11.9 Å². The SMILES string of the molecule is CCOC(=O)c1ccc(NC(=O)c2cn3c4c(cc(Br)cc4c2=O)CC3C)cc1. The van der Waals surface area contributed by atoms with Crippen molar-refractivity contribution in [2.45, 2.75) is 26.3 Å². The van der Waals surface area contributed by atoms with Crippen molar-refractivity contribution in [1.82, 2.24) is 4.57 Å². The largest absolute Gasteiger partial charge is 0.462 e. The van der Waals surface area contributed by atoms with Gasteiger partial charge in [0.05, 0.1) is 17.7 Å². The molecule has 0 spiro atoms. The van der Waals surface area contributed by atoms with Crippen molar-refractivity contribution in [3.05, 3.63) is 74.0 Å². The van der Waals surface area contributed by atoms with E-state index < -0.39 is 11.9 Å². The van der Waals surface area contributed by atoms with Crippen LogP contribution in [0.3, 0.4) is 0 Å². The number of pyridine rings is 1. The topological polar surface area (TPSA) is 77.4 Å². The summed E-state index contributed by atoms with van der Waals surface area (Å²) in [6.45, 7) is 4.09. The van der Waals surface area contributed by atoms with Crippen LogP contribution >= 0.6 is 15.9 Å². The molecule has 2 heterocycles. The third kappa shape index (κ3) is 3.46. The molecular formula is C22H19BrN2O4. The van der Waals surface area contributed by atoms with E-state index in [2.05, 4.69) is 28.2 Å². The van der Waals surface area contributed by atoms with Gasteiger partial charge in [-0.3, -0.25) is 9.59 Å². The molecule has 0 bridgehead atoms. The fourth-order valence-electron chi connectivity index (χ4n) is 3.73. The normalized spacial score (nSPS) is 14.8. The molecule has 0 radical (unpaired) electrons. The molecule has 1 N–H and O–H groups in total. The highest BCUT2D eigenvalue weighted by molar-refractivity contribution is 9.10. The minimum absolute atomic E-state index is 0.0877. The summed E-state index contributed by atoms with van der Waals surface area (Å²) >= 11 is 3.46. The van der Waals surface area contributed by atoms with Crippen LogP contribution in [0.4, 0.5) is 5.69 Å². The van der Waals surface area contributed by atoms with Gasteiger partial charge in [0, 0.05) is 27.8 Å². The molecule has 1 unspecified atom stereocenters. The van der Waals surface area contributed by atoms with Crippen LogP contribution in [0.15, 0.2) is 51.9 Å². The first-order valence-electron chi connectivity index (χ1n) is 9.35. The van der Waals surface area contributed by atoms with Gasteiger partial charge in [0.2, 0.25) is 5.43 Å². The lowest BCUT2D eigenvalue weighted by Crippen LogP contribution is -2.23. The van der Waals surface area contributed by atoms with Gasteiger partial charge in [0.1, 0.15) is 5.56 Å². The summed E-state index contributed by atoms with van der Waals surface area (Å²) in [6, 6.07) is 10.3. The highest BCUT2D eigenvalue weighted by Gasteiger charge is 2.25. The van der Waals surface area contributed by atoms with E-state index in [1.54, 1.807) is 43.5 Å². The Hall–Kier alpha value is -2.93. The first-order chi connectivity index (χ1) is 13.9. The molecule has 29 heavy (non-hydrogen) atoms. The summed E-state index contributed by atoms with van der Waals surface area (Å²) in [7, 11) is 0. The van der Waals surface area contributed by atoms with Gasteiger partial charge in [-0.05, 0) is 62.2 Å². The number of halogens is 1. The van der Waals surface area contributed by atoms with Crippen LogP contribution in [0.5, 0.6) is 0 Å². The summed E-state index contributed by atoms with van der Waals surface area (Å²) in [5.74, 6) is -0.901. The highest BCUT2D eigenvalue weighted by atomic mass is 79.9. The number of ether oxygens (including phenoxy) is 1. The lowest BCUT2D eigenvalue weighted by Gasteiger charge is -2.13. The molecule has 3 aromatic rings. The summed E-state index contributed by atoms with van der Waals surface area (Å²) in [5, 5.41) is 3.28. The predicted octanol–water partition coefficient (Wildman–Crippen LogP) is 4.31. The van der Waals surface area contributed by atoms with Crippen LogP contribution in [0.2, 0.25) is 0 Å². The second kappa shape index (κ2) is 7.48. The van der Waals surface area contributed by atoms with E-state index in [0.29, 0.717) is 23.2 Å². The van der Waals surface area contributed by atoms with Crippen LogP contribution < -0.4 is 10.7 Å². The zero-order valence-corrected chi connectivity index (χ0v) is 17.6. The first-order valence-corrected chi connectivity index (χ1v) is 10.1. The lowest BCUT2D eigenvalue weighted by atomic mass is 10.1. The summed E-state index contributed by atoms with van der Waals surface area (Å²) < 4.78 is 7.77. The number of amides is 1. The molecule has 1 atom stereocenters. The van der Waals surface area contributed by atoms with Crippen molar-refractivity contribution in [1.29, 1.82) is 0 Å². The van der Waals surface area contributed by atoms with Crippen molar-refractivity contribution in [3.8, 4) is 0 Å². The second-order valence-electron chi connectivity index (χ2n) is 7.05. The number of nitrogens with one attached hydrogen (secondary N) is 1. The third-order valence-corrected chi connectivity index (χ3v) is 5.52. The second-order valence-corrected chi connectivity index (χ2v) is 7.96. The van der Waals surface area contributed by atoms with Crippen LogP contribution in [0.25, 0.3) is 10.9 Å². The van der Waals surface area contributed by atoms with Crippen LogP contribution in [-0.2, 0) is 11.2 Å². The fourth-order valence-corrected chi connectivity index (χ4v) is 4.23. The first kappa shape index (κ1) is 19.4. The number of anilines is 1. The average molecular weight is 455 g/mol. The van der Waals surface area contributed by atoms with Crippen LogP contribution in [0, 0.1) is 0 Å². The van der Waals surface area contributed by atoms with E-state index in [1.165, 1.54) is 0 Å². The average Bonchev–Trinajstić information content (AvgIpc) is 3.00. The zero-order valence-electron chi connectivity index (χ0n) is 16.0. The van der Waals surface area contributed by atoms with Gasteiger partial charge < -0.3 is 14.6 Å². The van der Waals surface area contributed by atoms with Crippen molar-refractivity contribution in [3.63, 3.8) is 0 Å². The highest BCUT2D eigenvalue weighted by Crippen LogP contribution is 2.33. The molecule has 6 nitrogen and oxygen atoms in total. The number of carbonyl (C=O) groups excluding carboxylic acids is 2. The van der Waals surface area contributed by atoms with Gasteiger partial charge in [-0.1, -0.05) is 15.9 Å². The van der Waals surface area contributed by atoms with E-state index in [1.807, 2.05) is 10.6 Å². The number of benzene rings is 2. The van der Waals surface area contributed by atoms with Gasteiger partial charge >= 0.3 is 5.97 Å². The number of carbonyl (C=O) groups is 2. The molecule has 0 saturated carbocycles. The maximum absolute atomic E-state index is 13.0. The van der Waals surface area contributed by atoms with Crippen LogP contribution in [0.1, 0.15) is 46.2 Å². The molecule has 0 saturated heterocycles. The summed E-state index contributed by atoms with van der Waals surface area (Å²) in [5.41, 5.74) is 2.67. The minimum Gasteiger partial charge on any atom is -0.462 e. The summed E-state index contributed by atoms with van der Waals surface area (Å²) in [6.07, 6.45) is 2.46. The molecule has 0 aliphatic carbocycles. The Bertz CT molecular complexity index is 1200. The molecule has 7 heteroatoms. The van der Waals surface area contributed by atoms with E-state index in [4.69, 9.17) is 4.74 Å². The zero-order chi connectivity index (χ0) is 20.7. The van der Waals surface area contributed by atoms with Gasteiger partial charge in [0.25, 0.3) is 5.91 Å². The quantitative estimate of drug-likeness (QED) is 0.595. The van der Waals surface area contributed by atoms with E-state index >= 15 is 0 Å². The number of rotatable bonds is 4. The molecule has 4 rings (SSSR count). The standard InChI is InChI=1S/C22H19BrN2O4/c1-3-29-22(28)13-4-6-16(7-5-13)24-21(27)18-11-25-12(2)8-14-9-15(23)10-17(19(14)25)20(18)26/h4-7,9-12H,3,8H2,1-2H3,(H,24,27). The smallest absolute Gasteiger partial charge is 0.338 e. The molecule has 1 aromatic heterocycles. The fraction of sp³-hybridized carbons (Fsp3) is 0.227. The molecule has 2 aromatic carbocycles. The number of aromatic nitrogens is 1. The monoisotopic (exact) mass is 454 g/mol. The molecule has 1 aliphatic heterocycles. The van der Waals surface area contributed by atoms with Gasteiger partial charge in [-0.15, -0.1) is 0 Å². The molecule has 0 fully saturated rings. The Labute approximate surface area is 175 Å². The minimum atomic E-state index is -0.481. The van der Waals surface area contributed by atoms with Crippen molar-refractivity contribution in [2.24, 2.45) is 0 Å². The van der Waals surface area contributed by atoms with E-state index in [9.17, 15) is 14.4 Å².